The number of rotatable bonds is 57. The molecule has 0 aliphatic carbocycles. The molecule has 0 aromatic carbocycles. The van der Waals surface area contributed by atoms with E-state index < -0.39 is 12.1 Å². The normalized spacial score (nSPS) is 12.9. The minimum absolute atomic E-state index is 0.113. The molecule has 0 aromatic rings. The van der Waals surface area contributed by atoms with E-state index >= 15 is 0 Å². The van der Waals surface area contributed by atoms with Crippen LogP contribution in [0.3, 0.4) is 0 Å². The van der Waals surface area contributed by atoms with Gasteiger partial charge in [0, 0.05) is 12.8 Å². The Balaban J connectivity index is 4.44. The zero-order valence-corrected chi connectivity index (χ0v) is 50.2. The fraction of sp³-hybridized carbons (Fsp3) is 0.676. The predicted molar refractivity (Wildman–Crippen MR) is 334 cm³/mol. The molecule has 438 valence electrons. The third kappa shape index (κ3) is 62.5. The fourth-order valence-corrected chi connectivity index (χ4v) is 8.74. The topological polar surface area (TPSA) is 78.9 Å². The standard InChI is InChI=1S/C71H118O6/c1-4-7-10-13-16-19-22-25-28-30-32-34-35-37-38-40-43-46-49-52-55-58-61-64-70(73)76-67-68(66-75-69(72)63-60-57-54-51-48-45-42-27-24-21-18-15-12-9-6-3)77-71(74)65-62-59-56-53-50-47-44-41-39-36-33-31-29-26-23-20-17-14-11-8-5-2/h8-9,11-12,17-18,20-21,26-27,29-30,32-33,36,42,48,51,57,60,68H,4-7,10,13-16,19,22-25,28,31,34-35,37-41,43-47,49-50,52-56,58-59,61-67H2,1-3H3/b11-8-,12-9-,20-17-,21-18-,29-26-,32-30-,36-33-,42-27-,51-48-,60-57-. The first-order valence-corrected chi connectivity index (χ1v) is 32.0. The summed E-state index contributed by atoms with van der Waals surface area (Å²) in [6, 6.07) is 0. The van der Waals surface area contributed by atoms with Crippen molar-refractivity contribution in [3.05, 3.63) is 122 Å². The number of allylic oxidation sites excluding steroid dienone is 19. The van der Waals surface area contributed by atoms with Crippen LogP contribution in [-0.4, -0.2) is 37.2 Å². The Morgan fingerprint density at radius 2 is 0.558 bits per heavy atom. The van der Waals surface area contributed by atoms with Gasteiger partial charge in [-0.1, -0.05) is 284 Å². The molecule has 0 saturated carbocycles. The Hall–Kier alpha value is -4.19. The Morgan fingerprint density at radius 1 is 0.286 bits per heavy atom. The fourth-order valence-electron chi connectivity index (χ4n) is 8.74. The highest BCUT2D eigenvalue weighted by atomic mass is 16.6. The molecule has 0 fully saturated rings. The molecule has 1 unspecified atom stereocenters. The van der Waals surface area contributed by atoms with Gasteiger partial charge in [0.05, 0.1) is 6.42 Å². The zero-order valence-electron chi connectivity index (χ0n) is 50.2. The SMILES string of the molecule is CC/C=C\C/C=C\C/C=C\C/C=C\C/C=C\CC(=O)OCC(COC(=O)CCCCCCCCCCCCC/C=C\CCCCCCCCCC)OC(=O)CCCCCCCCCC/C=C\C/C=C\C/C=C\C/C=C\CC. The number of carbonyl (C=O) groups excluding carboxylic acids is 3. The molecular formula is C71H118O6. The maximum Gasteiger partial charge on any atom is 0.309 e. The van der Waals surface area contributed by atoms with Crippen molar-refractivity contribution in [1.82, 2.24) is 0 Å². The quantitative estimate of drug-likeness (QED) is 0.0261. The third-order valence-corrected chi connectivity index (χ3v) is 13.5. The van der Waals surface area contributed by atoms with E-state index in [0.29, 0.717) is 12.8 Å². The van der Waals surface area contributed by atoms with E-state index in [1.165, 1.54) is 148 Å². The maximum atomic E-state index is 12.9. The van der Waals surface area contributed by atoms with Gasteiger partial charge in [-0.05, 0) is 109 Å². The average Bonchev–Trinajstić information content (AvgIpc) is 3.43. The van der Waals surface area contributed by atoms with Crippen molar-refractivity contribution in [2.45, 2.75) is 297 Å². The number of hydrogen-bond acceptors (Lipinski definition) is 6. The van der Waals surface area contributed by atoms with Crippen LogP contribution in [0.4, 0.5) is 0 Å². The van der Waals surface area contributed by atoms with Crippen LogP contribution in [0.1, 0.15) is 290 Å². The first kappa shape index (κ1) is 72.8. The number of hydrogen-bond donors (Lipinski definition) is 0. The van der Waals surface area contributed by atoms with Gasteiger partial charge in [-0.3, -0.25) is 14.4 Å². The molecule has 0 heterocycles. The van der Waals surface area contributed by atoms with Crippen molar-refractivity contribution in [3.8, 4) is 0 Å². The lowest BCUT2D eigenvalue weighted by atomic mass is 10.0. The van der Waals surface area contributed by atoms with Gasteiger partial charge >= 0.3 is 17.9 Å². The Bertz CT molecular complexity index is 1600. The number of ether oxygens (including phenoxy) is 3. The smallest absolute Gasteiger partial charge is 0.309 e. The molecule has 0 N–H and O–H groups in total. The second kappa shape index (κ2) is 64.3. The summed E-state index contributed by atoms with van der Waals surface area (Å²) in [5.74, 6) is -1.05. The molecular weight excluding hydrogens is 949 g/mol. The van der Waals surface area contributed by atoms with E-state index in [2.05, 4.69) is 130 Å². The van der Waals surface area contributed by atoms with Crippen LogP contribution in [0.5, 0.6) is 0 Å². The summed E-state index contributed by atoms with van der Waals surface area (Å²) in [5, 5.41) is 0. The lowest BCUT2D eigenvalue weighted by Crippen LogP contribution is -2.30. The molecule has 0 bridgehead atoms. The minimum atomic E-state index is -0.827. The van der Waals surface area contributed by atoms with E-state index in [4.69, 9.17) is 14.2 Å². The largest absolute Gasteiger partial charge is 0.462 e. The molecule has 1 atom stereocenters. The number of esters is 3. The van der Waals surface area contributed by atoms with Gasteiger partial charge in [0.2, 0.25) is 0 Å². The summed E-state index contributed by atoms with van der Waals surface area (Å²) < 4.78 is 16.8. The van der Waals surface area contributed by atoms with E-state index in [9.17, 15) is 14.4 Å². The monoisotopic (exact) mass is 1070 g/mol. The molecule has 6 heteroatoms. The highest BCUT2D eigenvalue weighted by molar-refractivity contribution is 5.72. The Kier molecular flexibility index (Phi) is 60.8. The second-order valence-electron chi connectivity index (χ2n) is 20.9. The summed E-state index contributed by atoms with van der Waals surface area (Å²) in [7, 11) is 0. The van der Waals surface area contributed by atoms with E-state index in [1.54, 1.807) is 6.08 Å². The van der Waals surface area contributed by atoms with Crippen LogP contribution in [-0.2, 0) is 28.6 Å². The molecule has 0 radical (unpaired) electrons. The van der Waals surface area contributed by atoms with Gasteiger partial charge in [-0.25, -0.2) is 0 Å². The molecule has 0 aliphatic heterocycles. The van der Waals surface area contributed by atoms with E-state index in [0.717, 1.165) is 103 Å². The number of carbonyl (C=O) groups is 3. The predicted octanol–water partition coefficient (Wildman–Crippen LogP) is 22.0. The van der Waals surface area contributed by atoms with Crippen LogP contribution in [0.2, 0.25) is 0 Å². The van der Waals surface area contributed by atoms with Crippen LogP contribution in [0, 0.1) is 0 Å². The summed E-state index contributed by atoms with van der Waals surface area (Å²) in [4.78, 5) is 38.3. The first-order chi connectivity index (χ1) is 38.0. The third-order valence-electron chi connectivity index (χ3n) is 13.5. The first-order valence-electron chi connectivity index (χ1n) is 32.0. The Labute approximate surface area is 475 Å². The van der Waals surface area contributed by atoms with Crippen molar-refractivity contribution in [2.24, 2.45) is 0 Å². The van der Waals surface area contributed by atoms with Crippen molar-refractivity contribution in [3.63, 3.8) is 0 Å². The summed E-state index contributed by atoms with van der Waals surface area (Å²) in [5.41, 5.74) is 0. The van der Waals surface area contributed by atoms with Gasteiger partial charge in [0.25, 0.3) is 0 Å². The minimum Gasteiger partial charge on any atom is -0.462 e. The van der Waals surface area contributed by atoms with Gasteiger partial charge in [0.1, 0.15) is 13.2 Å². The number of unbranched alkanes of at least 4 members (excludes halogenated alkanes) is 27. The average molecular weight is 1070 g/mol. The van der Waals surface area contributed by atoms with Crippen LogP contribution >= 0.6 is 0 Å². The molecule has 0 amide bonds. The van der Waals surface area contributed by atoms with E-state index in [1.807, 2.05) is 6.08 Å². The van der Waals surface area contributed by atoms with Crippen molar-refractivity contribution in [1.29, 1.82) is 0 Å². The van der Waals surface area contributed by atoms with Crippen LogP contribution in [0.15, 0.2) is 122 Å². The van der Waals surface area contributed by atoms with Crippen molar-refractivity contribution in [2.75, 3.05) is 13.2 Å². The maximum absolute atomic E-state index is 12.9. The van der Waals surface area contributed by atoms with Crippen LogP contribution in [0.25, 0.3) is 0 Å². The molecule has 0 aliphatic rings. The van der Waals surface area contributed by atoms with E-state index in [-0.39, 0.29) is 31.6 Å². The lowest BCUT2D eigenvalue weighted by Gasteiger charge is -2.18. The highest BCUT2D eigenvalue weighted by Crippen LogP contribution is 2.16. The van der Waals surface area contributed by atoms with Crippen LogP contribution < -0.4 is 0 Å². The van der Waals surface area contributed by atoms with Gasteiger partial charge in [-0.2, -0.15) is 0 Å². The molecule has 0 spiro atoms. The molecule has 0 rings (SSSR count). The molecule has 77 heavy (non-hydrogen) atoms. The Morgan fingerprint density at radius 3 is 0.922 bits per heavy atom. The summed E-state index contributed by atoms with van der Waals surface area (Å²) >= 11 is 0. The highest BCUT2D eigenvalue weighted by Gasteiger charge is 2.19. The summed E-state index contributed by atoms with van der Waals surface area (Å²) in [6.07, 6.45) is 89.5. The summed E-state index contributed by atoms with van der Waals surface area (Å²) in [6.45, 7) is 6.34. The second-order valence-corrected chi connectivity index (χ2v) is 20.9. The van der Waals surface area contributed by atoms with Gasteiger partial charge < -0.3 is 14.2 Å². The zero-order chi connectivity index (χ0) is 55.7. The van der Waals surface area contributed by atoms with Gasteiger partial charge in [0.15, 0.2) is 6.10 Å². The lowest BCUT2D eigenvalue weighted by molar-refractivity contribution is -0.166. The van der Waals surface area contributed by atoms with Crippen molar-refractivity contribution < 1.29 is 28.6 Å². The van der Waals surface area contributed by atoms with Gasteiger partial charge in [-0.15, -0.1) is 0 Å². The van der Waals surface area contributed by atoms with Crippen molar-refractivity contribution >= 4 is 17.9 Å². The molecule has 0 aromatic heterocycles. The molecule has 0 saturated heterocycles. The molecule has 6 nitrogen and oxygen atoms in total.